The topological polar surface area (TPSA) is 332 Å². The standard InChI is InChI=1S/H2O4S.8H2O.Y/c1-5(2,3)4;;;;;;;;;/h(H2,1,2,3,4);8*1H2;/q;;;;;;;;;+3/p-2. The monoisotopic (exact) mass is 329 g/mol. The molecule has 0 spiro atoms. The molecule has 16 N–H and O–H groups in total. The minimum absolute atomic E-state index is 0. The van der Waals surface area contributed by atoms with Crippen LogP contribution in [0.5, 0.6) is 0 Å². The SMILES string of the molecule is O.O.O.O.O.O.O.O.O=S(=O)([O-])[O-].[Y+3]. The van der Waals surface area contributed by atoms with Crippen molar-refractivity contribution in [2.75, 3.05) is 0 Å². The molecule has 96 valence electrons. The minimum atomic E-state index is -5.17. The van der Waals surface area contributed by atoms with Crippen LogP contribution in [0, 0.1) is 0 Å². The quantitative estimate of drug-likeness (QED) is 0.308. The first-order valence-electron chi connectivity index (χ1n) is 0.667. The Bertz CT molecular complexity index is 93.5. The molecule has 0 saturated carbocycles. The molecule has 0 unspecified atom stereocenters. The Balaban J connectivity index is -0.00000000222. The first kappa shape index (κ1) is 126. The smallest absolute Gasteiger partial charge is 0.759 e. The van der Waals surface area contributed by atoms with Crippen LogP contribution in [0.15, 0.2) is 0 Å². The van der Waals surface area contributed by atoms with Crippen LogP contribution in [-0.2, 0) is 43.1 Å². The molecule has 14 heavy (non-hydrogen) atoms. The fraction of sp³-hybridized carbons (Fsp3) is 0. The Hall–Kier alpha value is 0.654. The molecule has 14 heteroatoms. The van der Waals surface area contributed by atoms with Gasteiger partial charge in [-0.3, -0.25) is 8.42 Å². The Kier molecular flexibility index (Phi) is 445. The average molecular weight is 329 g/mol. The maximum atomic E-state index is 8.52. The minimum Gasteiger partial charge on any atom is -0.759 e. The summed E-state index contributed by atoms with van der Waals surface area (Å²) in [7, 11) is -5.17. The van der Waals surface area contributed by atoms with Crippen molar-refractivity contribution in [2.45, 2.75) is 0 Å². The maximum absolute atomic E-state index is 8.52. The van der Waals surface area contributed by atoms with Crippen LogP contribution in [0.25, 0.3) is 0 Å². The van der Waals surface area contributed by atoms with Crippen LogP contribution in [-0.4, -0.2) is 61.3 Å². The normalized spacial score (nSPS) is 4.14. The Morgan fingerprint density at radius 3 is 0.571 bits per heavy atom. The van der Waals surface area contributed by atoms with E-state index in [1.807, 2.05) is 0 Å². The van der Waals surface area contributed by atoms with Gasteiger partial charge in [-0.15, -0.1) is 0 Å². The van der Waals surface area contributed by atoms with Gasteiger partial charge in [-0.05, 0) is 0 Å². The molecular weight excluding hydrogens is 313 g/mol. The van der Waals surface area contributed by atoms with Crippen molar-refractivity contribution in [1.29, 1.82) is 0 Å². The summed E-state index contributed by atoms with van der Waals surface area (Å²) in [6, 6.07) is 0. The van der Waals surface area contributed by atoms with Gasteiger partial charge in [0.05, 0.1) is 0 Å². The van der Waals surface area contributed by atoms with Crippen molar-refractivity contribution < 1.29 is 94.0 Å². The van der Waals surface area contributed by atoms with Gasteiger partial charge in [-0.25, -0.2) is 0 Å². The van der Waals surface area contributed by atoms with Gasteiger partial charge in [-0.1, -0.05) is 0 Å². The van der Waals surface area contributed by atoms with E-state index in [0.29, 0.717) is 0 Å². The van der Waals surface area contributed by atoms with E-state index in [1.165, 1.54) is 0 Å². The van der Waals surface area contributed by atoms with Gasteiger partial charge in [0.15, 0.2) is 0 Å². The fourth-order valence-electron chi connectivity index (χ4n) is 0. The Morgan fingerprint density at radius 1 is 0.571 bits per heavy atom. The van der Waals surface area contributed by atoms with E-state index in [4.69, 9.17) is 17.5 Å². The Labute approximate surface area is 104 Å². The van der Waals surface area contributed by atoms with Crippen LogP contribution >= 0.6 is 0 Å². The zero-order valence-corrected chi connectivity index (χ0v) is 10.3. The summed E-state index contributed by atoms with van der Waals surface area (Å²) < 4.78 is 34.1. The predicted octanol–water partition coefficient (Wildman–Crippen LogP) is -7.94. The van der Waals surface area contributed by atoms with Gasteiger partial charge in [0.25, 0.3) is 0 Å². The van der Waals surface area contributed by atoms with Crippen molar-refractivity contribution in [2.24, 2.45) is 0 Å². The molecule has 0 aliphatic carbocycles. The van der Waals surface area contributed by atoms with E-state index in [9.17, 15) is 0 Å². The molecule has 0 aromatic heterocycles. The molecule has 0 aromatic rings. The number of hydrogen-bond donors (Lipinski definition) is 0. The van der Waals surface area contributed by atoms with E-state index in [2.05, 4.69) is 0 Å². The number of hydrogen-bond acceptors (Lipinski definition) is 4. The van der Waals surface area contributed by atoms with Gasteiger partial charge >= 0.3 is 32.7 Å². The predicted molar refractivity (Wildman–Crippen MR) is 39.4 cm³/mol. The molecule has 0 aromatic carbocycles. The summed E-state index contributed by atoms with van der Waals surface area (Å²) in [6.07, 6.45) is 0. The van der Waals surface area contributed by atoms with Crippen LogP contribution in [0.4, 0.5) is 0 Å². The third-order valence-corrected chi connectivity index (χ3v) is 0. The Morgan fingerprint density at radius 2 is 0.571 bits per heavy atom. The molecule has 0 saturated heterocycles. The van der Waals surface area contributed by atoms with Gasteiger partial charge in [-0.2, -0.15) is 0 Å². The molecule has 0 fully saturated rings. The summed E-state index contributed by atoms with van der Waals surface area (Å²) in [5, 5.41) is 0. The van der Waals surface area contributed by atoms with Gasteiger partial charge in [0, 0.05) is 10.4 Å². The molecule has 12 nitrogen and oxygen atoms in total. The molecule has 0 heterocycles. The van der Waals surface area contributed by atoms with Crippen molar-refractivity contribution in [3.63, 3.8) is 0 Å². The van der Waals surface area contributed by atoms with Crippen LogP contribution in [0.1, 0.15) is 0 Å². The second-order valence-electron chi connectivity index (χ2n) is 0.408. The summed E-state index contributed by atoms with van der Waals surface area (Å²) in [5.74, 6) is 0. The van der Waals surface area contributed by atoms with E-state index in [-0.39, 0.29) is 76.5 Å². The molecule has 0 aliphatic rings. The fourth-order valence-corrected chi connectivity index (χ4v) is 0. The zero-order chi connectivity index (χ0) is 4.50. The van der Waals surface area contributed by atoms with Crippen molar-refractivity contribution in [1.82, 2.24) is 0 Å². The van der Waals surface area contributed by atoms with Gasteiger partial charge in [0.1, 0.15) is 0 Å². The first-order valence-corrected chi connectivity index (χ1v) is 2.00. The van der Waals surface area contributed by atoms with Gasteiger partial charge < -0.3 is 52.9 Å². The van der Waals surface area contributed by atoms with Crippen LogP contribution in [0.3, 0.4) is 0 Å². The molecule has 0 bridgehead atoms. The van der Waals surface area contributed by atoms with Crippen molar-refractivity contribution >= 4 is 10.4 Å². The zero-order valence-electron chi connectivity index (χ0n) is 6.62. The molecule has 0 radical (unpaired) electrons. The van der Waals surface area contributed by atoms with Crippen LogP contribution < -0.4 is 0 Å². The van der Waals surface area contributed by atoms with E-state index in [1.54, 1.807) is 0 Å². The second-order valence-corrected chi connectivity index (χ2v) is 1.22. The molecular formula is H16O12SY+. The summed E-state index contributed by atoms with van der Waals surface area (Å²) >= 11 is 0. The molecule has 0 aliphatic heterocycles. The van der Waals surface area contributed by atoms with Crippen molar-refractivity contribution in [3.05, 3.63) is 0 Å². The number of rotatable bonds is 0. The largest absolute Gasteiger partial charge is 3.00 e. The second kappa shape index (κ2) is 49.4. The van der Waals surface area contributed by atoms with Gasteiger partial charge in [0.2, 0.25) is 0 Å². The van der Waals surface area contributed by atoms with E-state index in [0.717, 1.165) is 0 Å². The summed E-state index contributed by atoms with van der Waals surface area (Å²) in [4.78, 5) is 0. The summed E-state index contributed by atoms with van der Waals surface area (Å²) in [5.41, 5.74) is 0. The maximum Gasteiger partial charge on any atom is 3.00 e. The van der Waals surface area contributed by atoms with E-state index < -0.39 is 10.4 Å². The molecule has 0 rings (SSSR count). The molecule has 0 atom stereocenters. The summed E-state index contributed by atoms with van der Waals surface area (Å²) in [6.45, 7) is 0. The third-order valence-electron chi connectivity index (χ3n) is 0. The first-order chi connectivity index (χ1) is 2.00. The average Bonchev–Trinajstić information content (AvgIpc) is 0.722. The third kappa shape index (κ3) is 4020. The van der Waals surface area contributed by atoms with Crippen LogP contribution in [0.2, 0.25) is 0 Å². The van der Waals surface area contributed by atoms with E-state index >= 15 is 0 Å². The van der Waals surface area contributed by atoms with Crippen molar-refractivity contribution in [3.8, 4) is 0 Å². The molecule has 0 amide bonds.